The molecule has 0 aliphatic carbocycles. The summed E-state index contributed by atoms with van der Waals surface area (Å²) < 4.78 is 13.0. The highest BCUT2D eigenvalue weighted by atomic mass is 19.1. The number of anilines is 1. The molecule has 0 heterocycles. The number of nitrogens with one attached hydrogen (secondary N) is 2. The first-order chi connectivity index (χ1) is 10.4. The summed E-state index contributed by atoms with van der Waals surface area (Å²) in [5.74, 6) is -0.806. The van der Waals surface area contributed by atoms with Crippen molar-refractivity contribution in [1.82, 2.24) is 10.2 Å². The van der Waals surface area contributed by atoms with Gasteiger partial charge in [-0.1, -0.05) is 19.4 Å². The van der Waals surface area contributed by atoms with Gasteiger partial charge in [0.2, 0.25) is 11.8 Å². The van der Waals surface area contributed by atoms with Crippen LogP contribution in [-0.4, -0.2) is 42.9 Å². The van der Waals surface area contributed by atoms with Gasteiger partial charge >= 0.3 is 0 Å². The molecule has 0 aliphatic rings. The third-order valence-corrected chi connectivity index (χ3v) is 3.06. The molecule has 1 aromatic rings. The Labute approximate surface area is 130 Å². The maximum Gasteiger partial charge on any atom is 0.238 e. The van der Waals surface area contributed by atoms with E-state index in [9.17, 15) is 14.0 Å². The molecule has 1 rings (SSSR count). The molecule has 0 unspecified atom stereocenters. The summed E-state index contributed by atoms with van der Waals surface area (Å²) in [5.41, 5.74) is 0.402. The number of likely N-dealkylation sites (N-methyl/N-ethyl adjacent to an activating group) is 1. The number of benzene rings is 1. The van der Waals surface area contributed by atoms with Crippen molar-refractivity contribution in [3.05, 3.63) is 30.1 Å². The van der Waals surface area contributed by atoms with Crippen LogP contribution in [0.5, 0.6) is 0 Å². The van der Waals surface area contributed by atoms with E-state index in [1.807, 2.05) is 6.92 Å². The lowest BCUT2D eigenvalue weighted by Crippen LogP contribution is -2.41. The van der Waals surface area contributed by atoms with Crippen LogP contribution in [0.3, 0.4) is 0 Å². The lowest BCUT2D eigenvalue weighted by atomic mass is 10.2. The number of carbonyl (C=O) groups excluding carboxylic acids is 2. The Hall–Kier alpha value is -1.95. The standard InChI is InChI=1S/C16H24FN3O2/c1-4-6-12(2)18-15(21)10-20(3)11-16(22)19-14-8-5-7-13(17)9-14/h5,7-9,12H,4,6,10-11H2,1-3H3,(H,18,21)(H,19,22)/t12-/m1/s1. The number of nitrogens with zero attached hydrogens (tertiary/aromatic N) is 1. The zero-order chi connectivity index (χ0) is 16.5. The first kappa shape index (κ1) is 18.1. The minimum absolute atomic E-state index is 0.0616. The normalized spacial score (nSPS) is 12.0. The zero-order valence-corrected chi connectivity index (χ0v) is 13.4. The fraction of sp³-hybridized carbons (Fsp3) is 0.500. The van der Waals surface area contributed by atoms with Crippen molar-refractivity contribution in [3.8, 4) is 0 Å². The van der Waals surface area contributed by atoms with Crippen LogP contribution in [0, 0.1) is 5.82 Å². The molecule has 22 heavy (non-hydrogen) atoms. The molecule has 2 N–H and O–H groups in total. The van der Waals surface area contributed by atoms with Crippen LogP contribution in [-0.2, 0) is 9.59 Å². The van der Waals surface area contributed by atoms with Gasteiger partial charge < -0.3 is 10.6 Å². The number of hydrogen-bond donors (Lipinski definition) is 2. The second-order valence-corrected chi connectivity index (χ2v) is 5.49. The van der Waals surface area contributed by atoms with Crippen molar-refractivity contribution in [2.45, 2.75) is 32.7 Å². The predicted molar refractivity (Wildman–Crippen MR) is 85.0 cm³/mol. The Balaban J connectivity index is 2.36. The van der Waals surface area contributed by atoms with Gasteiger partial charge in [-0.05, 0) is 38.6 Å². The highest BCUT2D eigenvalue weighted by Gasteiger charge is 2.12. The molecule has 1 atom stereocenters. The quantitative estimate of drug-likeness (QED) is 0.772. The van der Waals surface area contributed by atoms with Crippen LogP contribution in [0.4, 0.5) is 10.1 Å². The number of halogens is 1. The fourth-order valence-corrected chi connectivity index (χ4v) is 2.14. The van der Waals surface area contributed by atoms with Gasteiger partial charge in [0.15, 0.2) is 0 Å². The third kappa shape index (κ3) is 7.17. The number of carbonyl (C=O) groups is 2. The van der Waals surface area contributed by atoms with Gasteiger partial charge in [0, 0.05) is 11.7 Å². The second kappa shape index (κ2) is 9.15. The smallest absolute Gasteiger partial charge is 0.238 e. The van der Waals surface area contributed by atoms with Crippen molar-refractivity contribution in [3.63, 3.8) is 0 Å². The minimum atomic E-state index is -0.407. The maximum absolute atomic E-state index is 13.0. The van der Waals surface area contributed by atoms with E-state index < -0.39 is 5.82 Å². The molecule has 0 saturated carbocycles. The van der Waals surface area contributed by atoms with Gasteiger partial charge in [-0.2, -0.15) is 0 Å². The molecule has 1 aromatic carbocycles. The van der Waals surface area contributed by atoms with Crippen LogP contribution >= 0.6 is 0 Å². The molecule has 2 amide bonds. The van der Waals surface area contributed by atoms with E-state index in [1.54, 1.807) is 18.0 Å². The Kier molecular flexibility index (Phi) is 7.52. The molecule has 0 fully saturated rings. The Bertz CT molecular complexity index is 508. The summed E-state index contributed by atoms with van der Waals surface area (Å²) in [4.78, 5) is 25.2. The molecular weight excluding hydrogens is 285 g/mol. The molecule has 0 aromatic heterocycles. The highest BCUT2D eigenvalue weighted by Crippen LogP contribution is 2.08. The van der Waals surface area contributed by atoms with Crippen molar-refractivity contribution in [1.29, 1.82) is 0 Å². The average Bonchev–Trinajstić information content (AvgIpc) is 2.37. The zero-order valence-electron chi connectivity index (χ0n) is 13.4. The first-order valence-corrected chi connectivity index (χ1v) is 7.44. The summed E-state index contributed by atoms with van der Waals surface area (Å²) in [7, 11) is 1.69. The minimum Gasteiger partial charge on any atom is -0.353 e. The van der Waals surface area contributed by atoms with E-state index in [0.29, 0.717) is 5.69 Å². The van der Waals surface area contributed by atoms with Gasteiger partial charge in [-0.25, -0.2) is 4.39 Å². The number of hydrogen-bond acceptors (Lipinski definition) is 3. The molecule has 0 bridgehead atoms. The molecule has 5 nitrogen and oxygen atoms in total. The monoisotopic (exact) mass is 309 g/mol. The van der Waals surface area contributed by atoms with Crippen LogP contribution in [0.25, 0.3) is 0 Å². The molecule has 122 valence electrons. The molecule has 0 spiro atoms. The molecule has 0 saturated heterocycles. The summed E-state index contributed by atoms with van der Waals surface area (Å²) in [5, 5.41) is 5.48. The van der Waals surface area contributed by atoms with Gasteiger partial charge in [-0.15, -0.1) is 0 Å². The van der Waals surface area contributed by atoms with Gasteiger partial charge in [0.25, 0.3) is 0 Å². The van der Waals surface area contributed by atoms with E-state index in [0.717, 1.165) is 12.8 Å². The van der Waals surface area contributed by atoms with E-state index in [1.165, 1.54) is 18.2 Å². The van der Waals surface area contributed by atoms with Crippen molar-refractivity contribution in [2.24, 2.45) is 0 Å². The van der Waals surface area contributed by atoms with Crippen LogP contribution in [0.1, 0.15) is 26.7 Å². The van der Waals surface area contributed by atoms with Crippen molar-refractivity contribution < 1.29 is 14.0 Å². The average molecular weight is 309 g/mol. The Morgan fingerprint density at radius 3 is 2.59 bits per heavy atom. The molecule has 0 aliphatic heterocycles. The largest absolute Gasteiger partial charge is 0.353 e. The predicted octanol–water partition coefficient (Wildman–Crippen LogP) is 2.00. The van der Waals surface area contributed by atoms with E-state index in [-0.39, 0.29) is 30.9 Å². The molecule has 6 heteroatoms. The van der Waals surface area contributed by atoms with E-state index in [2.05, 4.69) is 17.6 Å². The SMILES string of the molecule is CCC[C@@H](C)NC(=O)CN(C)CC(=O)Nc1cccc(F)c1. The fourth-order valence-electron chi connectivity index (χ4n) is 2.14. The number of rotatable bonds is 8. The maximum atomic E-state index is 13.0. The van der Waals surface area contributed by atoms with Crippen molar-refractivity contribution >= 4 is 17.5 Å². The highest BCUT2D eigenvalue weighted by molar-refractivity contribution is 5.92. The van der Waals surface area contributed by atoms with Crippen LogP contribution < -0.4 is 10.6 Å². The summed E-state index contributed by atoms with van der Waals surface area (Å²) in [6.07, 6.45) is 1.93. The molecule has 0 radical (unpaired) electrons. The molecular formula is C16H24FN3O2. The van der Waals surface area contributed by atoms with Crippen LogP contribution in [0.2, 0.25) is 0 Å². The summed E-state index contributed by atoms with van der Waals surface area (Å²) in [6, 6.07) is 5.82. The lowest BCUT2D eigenvalue weighted by Gasteiger charge is -2.18. The summed E-state index contributed by atoms with van der Waals surface area (Å²) in [6.45, 7) is 4.22. The lowest BCUT2D eigenvalue weighted by molar-refractivity contribution is -0.123. The van der Waals surface area contributed by atoms with Gasteiger partial charge in [0.05, 0.1) is 13.1 Å². The summed E-state index contributed by atoms with van der Waals surface area (Å²) >= 11 is 0. The van der Waals surface area contributed by atoms with E-state index >= 15 is 0 Å². The van der Waals surface area contributed by atoms with Gasteiger partial charge in [0.1, 0.15) is 5.82 Å². The Morgan fingerprint density at radius 1 is 1.27 bits per heavy atom. The van der Waals surface area contributed by atoms with Crippen molar-refractivity contribution in [2.75, 3.05) is 25.5 Å². The topological polar surface area (TPSA) is 61.4 Å². The van der Waals surface area contributed by atoms with Crippen LogP contribution in [0.15, 0.2) is 24.3 Å². The van der Waals surface area contributed by atoms with Gasteiger partial charge in [-0.3, -0.25) is 14.5 Å². The van der Waals surface area contributed by atoms with E-state index in [4.69, 9.17) is 0 Å². The second-order valence-electron chi connectivity index (χ2n) is 5.49. The third-order valence-electron chi connectivity index (χ3n) is 3.06. The number of amides is 2. The first-order valence-electron chi connectivity index (χ1n) is 7.44. The Morgan fingerprint density at radius 2 is 1.95 bits per heavy atom.